The van der Waals surface area contributed by atoms with Crippen molar-refractivity contribution in [1.82, 2.24) is 0 Å². The maximum atomic E-state index is 11.1. The maximum absolute atomic E-state index is 11.1. The van der Waals surface area contributed by atoms with Gasteiger partial charge in [0.05, 0.1) is 24.0 Å². The van der Waals surface area contributed by atoms with Gasteiger partial charge in [-0.1, -0.05) is 17.7 Å². The Morgan fingerprint density at radius 1 is 1.53 bits per heavy atom. The second-order valence-electron chi connectivity index (χ2n) is 3.75. The molecule has 0 radical (unpaired) electrons. The third kappa shape index (κ3) is 4.09. The highest BCUT2D eigenvalue weighted by molar-refractivity contribution is 6.33. The molecule has 7 heteroatoms. The highest BCUT2D eigenvalue weighted by Gasteiger charge is 2.22. The zero-order valence-electron chi connectivity index (χ0n) is 10.5. The largest absolute Gasteiger partial charge is 0.383 e. The van der Waals surface area contributed by atoms with Gasteiger partial charge in [0.15, 0.2) is 0 Å². The van der Waals surface area contributed by atoms with Gasteiger partial charge in [-0.3, -0.25) is 10.1 Å². The van der Waals surface area contributed by atoms with E-state index in [1.807, 2.05) is 6.07 Å². The van der Waals surface area contributed by atoms with E-state index in [0.717, 1.165) is 0 Å². The summed E-state index contributed by atoms with van der Waals surface area (Å²) in [5.41, 5.74) is 0.267. The molecular weight excluding hydrogens is 270 g/mol. The molecule has 0 N–H and O–H groups in total. The van der Waals surface area contributed by atoms with Gasteiger partial charge in [0.25, 0.3) is 0 Å². The summed E-state index contributed by atoms with van der Waals surface area (Å²) in [7, 11) is 1.55. The average Bonchev–Trinajstić information content (AvgIpc) is 2.38. The van der Waals surface area contributed by atoms with Gasteiger partial charge in [-0.2, -0.15) is 5.26 Å². The maximum Gasteiger partial charge on any atom is 0.310 e. The topological polar surface area (TPSA) is 79.4 Å². The van der Waals surface area contributed by atoms with E-state index < -0.39 is 4.92 Å². The fourth-order valence-electron chi connectivity index (χ4n) is 1.68. The van der Waals surface area contributed by atoms with Gasteiger partial charge in [-0.05, 0) is 12.1 Å². The fraction of sp³-hybridized carbons (Fsp3) is 0.417. The first-order chi connectivity index (χ1) is 9.11. The van der Waals surface area contributed by atoms with E-state index >= 15 is 0 Å². The Bertz CT molecular complexity index is 488. The zero-order valence-corrected chi connectivity index (χ0v) is 11.3. The smallest absolute Gasteiger partial charge is 0.310 e. The quantitative estimate of drug-likeness (QED) is 0.567. The van der Waals surface area contributed by atoms with Gasteiger partial charge in [-0.25, -0.2) is 0 Å². The third-order valence-electron chi connectivity index (χ3n) is 2.55. The molecule has 0 saturated carbocycles. The number of nitro groups is 1. The van der Waals surface area contributed by atoms with Crippen LogP contribution in [0.15, 0.2) is 18.2 Å². The molecular formula is C12H14ClN3O3. The van der Waals surface area contributed by atoms with E-state index in [9.17, 15) is 10.1 Å². The minimum atomic E-state index is -0.510. The number of para-hydroxylation sites is 1. The van der Waals surface area contributed by atoms with Gasteiger partial charge in [0.1, 0.15) is 10.7 Å². The molecule has 0 spiro atoms. The van der Waals surface area contributed by atoms with Gasteiger partial charge in [0, 0.05) is 20.2 Å². The number of hydrogen-bond donors (Lipinski definition) is 0. The van der Waals surface area contributed by atoms with Gasteiger partial charge in [0.2, 0.25) is 0 Å². The molecule has 0 fully saturated rings. The fourth-order valence-corrected chi connectivity index (χ4v) is 1.92. The number of ether oxygens (including phenoxy) is 1. The van der Waals surface area contributed by atoms with Crippen LogP contribution in [0.5, 0.6) is 0 Å². The average molecular weight is 284 g/mol. The standard InChI is InChI=1S/C12H14ClN3O3/c1-19-9-8-15(7-3-6-14)11-5-2-4-10(13)12(11)16(17)18/h2,4-5H,3,7-9H2,1H3. The summed E-state index contributed by atoms with van der Waals surface area (Å²) in [6.07, 6.45) is 0.271. The van der Waals surface area contributed by atoms with Crippen LogP contribution in [0.4, 0.5) is 11.4 Å². The number of nitrogens with zero attached hydrogens (tertiary/aromatic N) is 3. The summed E-state index contributed by atoms with van der Waals surface area (Å²) >= 11 is 5.87. The number of rotatable bonds is 7. The Kier molecular flexibility index (Phi) is 6.06. The summed E-state index contributed by atoms with van der Waals surface area (Å²) in [4.78, 5) is 12.3. The van der Waals surface area contributed by atoms with Crippen LogP contribution in [0.3, 0.4) is 0 Å². The van der Waals surface area contributed by atoms with Crippen molar-refractivity contribution in [3.05, 3.63) is 33.3 Å². The predicted molar refractivity (Wildman–Crippen MR) is 72.4 cm³/mol. The molecule has 1 aromatic carbocycles. The van der Waals surface area contributed by atoms with Gasteiger partial charge < -0.3 is 9.64 Å². The third-order valence-corrected chi connectivity index (χ3v) is 2.85. The number of nitriles is 1. The Morgan fingerprint density at radius 3 is 2.84 bits per heavy atom. The molecule has 0 unspecified atom stereocenters. The van der Waals surface area contributed by atoms with Crippen molar-refractivity contribution in [3.8, 4) is 6.07 Å². The first-order valence-electron chi connectivity index (χ1n) is 5.65. The van der Waals surface area contributed by atoms with Gasteiger partial charge in [-0.15, -0.1) is 0 Å². The first-order valence-corrected chi connectivity index (χ1v) is 6.03. The molecule has 0 amide bonds. The second kappa shape index (κ2) is 7.56. The van der Waals surface area contributed by atoms with E-state index in [2.05, 4.69) is 0 Å². The van der Waals surface area contributed by atoms with E-state index in [1.54, 1.807) is 24.1 Å². The van der Waals surface area contributed by atoms with Crippen LogP contribution in [-0.2, 0) is 4.74 Å². The summed E-state index contributed by atoms with van der Waals surface area (Å²) < 4.78 is 4.98. The number of methoxy groups -OCH3 is 1. The lowest BCUT2D eigenvalue weighted by atomic mass is 10.2. The van der Waals surface area contributed by atoms with Gasteiger partial charge >= 0.3 is 5.69 Å². The zero-order chi connectivity index (χ0) is 14.3. The summed E-state index contributed by atoms with van der Waals surface area (Å²) in [6, 6.07) is 6.77. The molecule has 0 aliphatic carbocycles. The van der Waals surface area contributed by atoms with Crippen LogP contribution >= 0.6 is 11.6 Å². The summed E-state index contributed by atoms with van der Waals surface area (Å²) in [5, 5.41) is 19.8. The van der Waals surface area contributed by atoms with E-state index in [4.69, 9.17) is 21.6 Å². The molecule has 0 heterocycles. The lowest BCUT2D eigenvalue weighted by molar-refractivity contribution is -0.384. The van der Waals surface area contributed by atoms with E-state index in [-0.39, 0.29) is 17.1 Å². The monoisotopic (exact) mass is 283 g/mol. The minimum Gasteiger partial charge on any atom is -0.383 e. The van der Waals surface area contributed by atoms with Crippen LogP contribution in [0.25, 0.3) is 0 Å². The molecule has 0 saturated heterocycles. The van der Waals surface area contributed by atoms with E-state index in [1.165, 1.54) is 6.07 Å². The normalized spacial score (nSPS) is 9.95. The highest BCUT2D eigenvalue weighted by Crippen LogP contribution is 2.34. The summed E-state index contributed by atoms with van der Waals surface area (Å²) in [5.74, 6) is 0. The van der Waals surface area contributed by atoms with Crippen molar-refractivity contribution in [1.29, 1.82) is 5.26 Å². The van der Waals surface area contributed by atoms with Crippen LogP contribution in [0.1, 0.15) is 6.42 Å². The van der Waals surface area contributed by atoms with Crippen LogP contribution in [0, 0.1) is 21.4 Å². The highest BCUT2D eigenvalue weighted by atomic mass is 35.5. The van der Waals surface area contributed by atoms with Crippen LogP contribution in [-0.4, -0.2) is 31.7 Å². The molecule has 0 aliphatic heterocycles. The molecule has 1 rings (SSSR count). The number of nitro benzene ring substituents is 1. The Labute approximate surface area is 116 Å². The molecule has 102 valence electrons. The molecule has 19 heavy (non-hydrogen) atoms. The van der Waals surface area contributed by atoms with Crippen molar-refractivity contribution in [2.45, 2.75) is 6.42 Å². The first kappa shape index (κ1) is 15.2. The predicted octanol–water partition coefficient (Wildman–Crippen LogP) is 2.61. The second-order valence-corrected chi connectivity index (χ2v) is 4.16. The Morgan fingerprint density at radius 2 is 2.26 bits per heavy atom. The molecule has 0 atom stereocenters. The van der Waals surface area contributed by atoms with Crippen molar-refractivity contribution < 1.29 is 9.66 Å². The lowest BCUT2D eigenvalue weighted by Gasteiger charge is -2.23. The van der Waals surface area contributed by atoms with Crippen molar-refractivity contribution in [2.24, 2.45) is 0 Å². The Balaban J connectivity index is 3.10. The number of benzene rings is 1. The number of anilines is 1. The number of hydrogen-bond acceptors (Lipinski definition) is 5. The lowest BCUT2D eigenvalue weighted by Crippen LogP contribution is -2.28. The molecule has 0 bridgehead atoms. The molecule has 1 aromatic rings. The van der Waals surface area contributed by atoms with Crippen LogP contribution in [0.2, 0.25) is 5.02 Å². The molecule has 0 aromatic heterocycles. The summed E-state index contributed by atoms with van der Waals surface area (Å²) in [6.45, 7) is 1.26. The van der Waals surface area contributed by atoms with Crippen LogP contribution < -0.4 is 4.90 Å². The minimum absolute atomic E-state index is 0.0851. The number of halogens is 1. The van der Waals surface area contributed by atoms with Crippen molar-refractivity contribution >= 4 is 23.0 Å². The van der Waals surface area contributed by atoms with Crippen molar-refractivity contribution in [2.75, 3.05) is 31.7 Å². The van der Waals surface area contributed by atoms with E-state index in [0.29, 0.717) is 25.4 Å². The molecule has 6 nitrogen and oxygen atoms in total. The Hall–Kier alpha value is -1.84. The van der Waals surface area contributed by atoms with Crippen molar-refractivity contribution in [3.63, 3.8) is 0 Å². The SMILES string of the molecule is COCCN(CCC#N)c1cccc(Cl)c1[N+](=O)[O-]. The molecule has 0 aliphatic rings.